The van der Waals surface area contributed by atoms with E-state index in [1.54, 1.807) is 0 Å². The zero-order valence-corrected chi connectivity index (χ0v) is 7.40. The number of hydrogen-bond donors (Lipinski definition) is 1. The van der Waals surface area contributed by atoms with Crippen LogP contribution in [0, 0.1) is 0 Å². The van der Waals surface area contributed by atoms with Crippen LogP contribution in [0.15, 0.2) is 11.7 Å². The van der Waals surface area contributed by atoms with Crippen molar-refractivity contribution in [3.05, 3.63) is 16.6 Å². The highest BCUT2D eigenvalue weighted by Gasteiger charge is 2.31. The Morgan fingerprint density at radius 1 is 1.54 bits per heavy atom. The van der Waals surface area contributed by atoms with E-state index in [4.69, 9.17) is 5.11 Å². The maximum absolute atomic E-state index is 11.8. The third-order valence-electron chi connectivity index (χ3n) is 1.39. The summed E-state index contributed by atoms with van der Waals surface area (Å²) in [7, 11) is 0. The third-order valence-corrected chi connectivity index (χ3v) is 2.19. The molecular weight excluding hydrogens is 203 g/mol. The van der Waals surface area contributed by atoms with E-state index < -0.39 is 18.7 Å². The fourth-order valence-corrected chi connectivity index (χ4v) is 1.58. The van der Waals surface area contributed by atoms with E-state index >= 15 is 0 Å². The van der Waals surface area contributed by atoms with Gasteiger partial charge in [-0.15, -0.1) is 11.3 Å². The van der Waals surface area contributed by atoms with Crippen molar-refractivity contribution in [2.24, 2.45) is 0 Å². The van der Waals surface area contributed by atoms with Crippen molar-refractivity contribution in [1.29, 1.82) is 0 Å². The number of rotatable bonds is 3. The van der Waals surface area contributed by atoms with E-state index in [2.05, 4.69) is 4.98 Å². The van der Waals surface area contributed by atoms with Crippen molar-refractivity contribution in [2.45, 2.75) is 25.1 Å². The molecule has 1 unspecified atom stereocenters. The predicted octanol–water partition coefficient (Wildman–Crippen LogP) is 2.00. The Balaban J connectivity index is 2.38. The minimum atomic E-state index is -4.30. The van der Waals surface area contributed by atoms with E-state index in [0.717, 1.165) is 0 Å². The lowest BCUT2D eigenvalue weighted by atomic mass is 10.2. The van der Waals surface area contributed by atoms with Crippen LogP contribution >= 0.6 is 11.3 Å². The van der Waals surface area contributed by atoms with Crippen LogP contribution in [0.25, 0.3) is 0 Å². The van der Waals surface area contributed by atoms with Crippen LogP contribution in [0.2, 0.25) is 0 Å². The largest absolute Gasteiger partial charge is 0.392 e. The van der Waals surface area contributed by atoms with Gasteiger partial charge in [-0.05, 0) is 0 Å². The summed E-state index contributed by atoms with van der Waals surface area (Å²) in [6.07, 6.45) is -5.34. The van der Waals surface area contributed by atoms with E-state index in [1.165, 1.54) is 23.0 Å². The summed E-state index contributed by atoms with van der Waals surface area (Å²) >= 11 is 1.24. The molecule has 1 aromatic heterocycles. The Labute approximate surface area is 77.0 Å². The Hall–Kier alpha value is -0.620. The number of alkyl halides is 3. The second-order valence-electron chi connectivity index (χ2n) is 2.64. The molecule has 0 amide bonds. The van der Waals surface area contributed by atoms with Gasteiger partial charge in [0.05, 0.1) is 18.0 Å². The maximum atomic E-state index is 11.8. The monoisotopic (exact) mass is 211 g/mol. The quantitative estimate of drug-likeness (QED) is 0.829. The van der Waals surface area contributed by atoms with Crippen molar-refractivity contribution in [1.82, 2.24) is 4.98 Å². The molecule has 0 spiro atoms. The van der Waals surface area contributed by atoms with Crippen molar-refractivity contribution < 1.29 is 18.3 Å². The summed E-state index contributed by atoms with van der Waals surface area (Å²) in [4.78, 5) is 4.36. The molecule has 0 aliphatic heterocycles. The zero-order valence-electron chi connectivity index (χ0n) is 6.58. The van der Waals surface area contributed by atoms with Crippen molar-refractivity contribution >= 4 is 11.3 Å². The zero-order chi connectivity index (χ0) is 9.90. The van der Waals surface area contributed by atoms with Gasteiger partial charge in [-0.2, -0.15) is 13.2 Å². The van der Waals surface area contributed by atoms with Gasteiger partial charge in [-0.3, -0.25) is 4.98 Å². The van der Waals surface area contributed by atoms with E-state index in [1.807, 2.05) is 0 Å². The molecule has 0 fully saturated rings. The Morgan fingerprint density at radius 2 is 2.23 bits per heavy atom. The first-order valence-corrected chi connectivity index (χ1v) is 4.47. The number of halogens is 3. The maximum Gasteiger partial charge on any atom is 0.391 e. The number of hydrogen-bond acceptors (Lipinski definition) is 3. The Morgan fingerprint density at radius 3 is 2.69 bits per heavy atom. The summed E-state index contributed by atoms with van der Waals surface area (Å²) in [6, 6.07) is 0. The number of aliphatic hydroxyl groups is 1. The number of aromatic nitrogens is 1. The van der Waals surface area contributed by atoms with Gasteiger partial charge in [0, 0.05) is 17.5 Å². The molecule has 1 atom stereocenters. The van der Waals surface area contributed by atoms with Gasteiger partial charge >= 0.3 is 6.18 Å². The van der Waals surface area contributed by atoms with Crippen molar-refractivity contribution in [3.8, 4) is 0 Å². The van der Waals surface area contributed by atoms with E-state index in [0.29, 0.717) is 4.88 Å². The summed E-state index contributed by atoms with van der Waals surface area (Å²) in [5.74, 6) is 0. The minimum absolute atomic E-state index is 0.0180. The first-order chi connectivity index (χ1) is 5.97. The van der Waals surface area contributed by atoms with Gasteiger partial charge in [-0.25, -0.2) is 0 Å². The second kappa shape index (κ2) is 4.06. The van der Waals surface area contributed by atoms with Gasteiger partial charge < -0.3 is 5.11 Å². The van der Waals surface area contributed by atoms with Crippen LogP contribution in [0.3, 0.4) is 0 Å². The topological polar surface area (TPSA) is 33.1 Å². The number of nitrogens with zero attached hydrogens (tertiary/aromatic N) is 1. The standard InChI is InChI=1S/C7H8F3NOS/c8-7(9,10)2-5(12)1-6-3-11-4-13-6/h3-5,12H,1-2H2. The van der Waals surface area contributed by atoms with Crippen LogP contribution in [-0.2, 0) is 6.42 Å². The molecule has 1 aromatic rings. The Bertz CT molecular complexity index is 247. The van der Waals surface area contributed by atoms with Gasteiger partial charge in [0.1, 0.15) is 0 Å². The van der Waals surface area contributed by atoms with Crippen LogP contribution < -0.4 is 0 Å². The lowest BCUT2D eigenvalue weighted by Gasteiger charge is -2.11. The van der Waals surface area contributed by atoms with Crippen LogP contribution in [-0.4, -0.2) is 22.4 Å². The highest BCUT2D eigenvalue weighted by molar-refractivity contribution is 7.09. The predicted molar refractivity (Wildman–Crippen MR) is 42.5 cm³/mol. The fourth-order valence-electron chi connectivity index (χ4n) is 0.915. The first-order valence-electron chi connectivity index (χ1n) is 3.59. The molecule has 0 bridgehead atoms. The summed E-state index contributed by atoms with van der Waals surface area (Å²) in [6.45, 7) is 0. The molecule has 1 rings (SSSR count). The average molecular weight is 211 g/mol. The van der Waals surface area contributed by atoms with E-state index in [-0.39, 0.29) is 6.42 Å². The fraction of sp³-hybridized carbons (Fsp3) is 0.571. The normalized spacial score (nSPS) is 14.5. The second-order valence-corrected chi connectivity index (χ2v) is 3.62. The highest BCUT2D eigenvalue weighted by atomic mass is 32.1. The molecule has 0 aliphatic carbocycles. The summed E-state index contributed by atoms with van der Waals surface area (Å²) in [5.41, 5.74) is 1.52. The third kappa shape index (κ3) is 4.23. The molecule has 0 aliphatic rings. The molecule has 0 aromatic carbocycles. The van der Waals surface area contributed by atoms with Crippen molar-refractivity contribution in [3.63, 3.8) is 0 Å². The van der Waals surface area contributed by atoms with Crippen LogP contribution in [0.4, 0.5) is 13.2 Å². The highest BCUT2D eigenvalue weighted by Crippen LogP contribution is 2.23. The number of thiazole rings is 1. The lowest BCUT2D eigenvalue weighted by Crippen LogP contribution is -2.20. The lowest BCUT2D eigenvalue weighted by molar-refractivity contribution is -0.153. The molecule has 0 radical (unpaired) electrons. The average Bonchev–Trinajstić information content (AvgIpc) is 2.34. The van der Waals surface area contributed by atoms with Crippen LogP contribution in [0.1, 0.15) is 11.3 Å². The van der Waals surface area contributed by atoms with Gasteiger partial charge in [0.2, 0.25) is 0 Å². The molecule has 6 heteroatoms. The molecular formula is C7H8F3NOS. The van der Waals surface area contributed by atoms with Gasteiger partial charge in [0.25, 0.3) is 0 Å². The van der Waals surface area contributed by atoms with Crippen LogP contribution in [0.5, 0.6) is 0 Å². The first kappa shape index (κ1) is 10.5. The molecule has 13 heavy (non-hydrogen) atoms. The summed E-state index contributed by atoms with van der Waals surface area (Å²) < 4.78 is 35.3. The smallest absolute Gasteiger partial charge is 0.391 e. The SMILES string of the molecule is OC(Cc1cncs1)CC(F)(F)F. The molecule has 0 saturated carbocycles. The number of aliphatic hydroxyl groups excluding tert-OH is 1. The molecule has 74 valence electrons. The van der Waals surface area contributed by atoms with Crippen molar-refractivity contribution in [2.75, 3.05) is 0 Å². The molecule has 1 heterocycles. The minimum Gasteiger partial charge on any atom is -0.392 e. The summed E-state index contributed by atoms with van der Waals surface area (Å²) in [5, 5.41) is 9.02. The molecule has 1 N–H and O–H groups in total. The Kier molecular flexibility index (Phi) is 3.27. The molecule has 2 nitrogen and oxygen atoms in total. The van der Waals surface area contributed by atoms with Gasteiger partial charge in [-0.1, -0.05) is 0 Å². The van der Waals surface area contributed by atoms with E-state index in [9.17, 15) is 13.2 Å². The molecule has 0 saturated heterocycles. The van der Waals surface area contributed by atoms with Gasteiger partial charge in [0.15, 0.2) is 0 Å².